The minimum atomic E-state index is 0. The van der Waals surface area contributed by atoms with Gasteiger partial charge in [0.25, 0.3) is 0 Å². The molecule has 0 aliphatic heterocycles. The van der Waals surface area contributed by atoms with E-state index in [2.05, 4.69) is 4.90 Å². The van der Waals surface area contributed by atoms with Crippen LogP contribution in [-0.4, -0.2) is 43.6 Å². The first-order valence-corrected chi connectivity index (χ1v) is 2.90. The summed E-state index contributed by atoms with van der Waals surface area (Å²) in [4.78, 5) is 2.11. The van der Waals surface area contributed by atoms with Crippen LogP contribution in [0.2, 0.25) is 0 Å². The predicted molar refractivity (Wildman–Crippen MR) is 37.5 cm³/mol. The summed E-state index contributed by atoms with van der Waals surface area (Å²) in [6.45, 7) is 3.32. The first-order chi connectivity index (χ1) is 3.81. The van der Waals surface area contributed by atoms with E-state index in [0.29, 0.717) is 0 Å². The molecule has 10 heavy (non-hydrogen) atoms. The van der Waals surface area contributed by atoms with E-state index in [0.717, 1.165) is 26.2 Å². The molecule has 0 fully saturated rings. The summed E-state index contributed by atoms with van der Waals surface area (Å²) in [5.41, 5.74) is 10.6. The Bertz CT molecular complexity index is 50.2. The van der Waals surface area contributed by atoms with Gasteiger partial charge in [0.15, 0.2) is 0 Å². The summed E-state index contributed by atoms with van der Waals surface area (Å²) >= 11 is 0. The minimum absolute atomic E-state index is 0. The third kappa shape index (κ3) is 12.2. The molecule has 0 aromatic heterocycles. The number of likely N-dealkylation sites (N-methyl/N-ethyl adjacent to an activating group) is 1. The van der Waals surface area contributed by atoms with Gasteiger partial charge in [-0.15, -0.1) is 0 Å². The van der Waals surface area contributed by atoms with Gasteiger partial charge in [0, 0.05) is 26.2 Å². The van der Waals surface area contributed by atoms with Crippen molar-refractivity contribution >= 4 is 0 Å². The smallest absolute Gasteiger partial charge is 0.870 e. The van der Waals surface area contributed by atoms with Crippen molar-refractivity contribution in [3.05, 3.63) is 0 Å². The minimum Gasteiger partial charge on any atom is -0.870 e. The maximum Gasteiger partial charge on any atom is 1.00 e. The predicted octanol–water partition coefficient (Wildman–Crippen LogP) is -4.34. The molecule has 5 heteroatoms. The molecule has 0 unspecified atom stereocenters. The molecular formula is C5H16KN3O. The molecule has 0 radical (unpaired) electrons. The van der Waals surface area contributed by atoms with Crippen molar-refractivity contribution in [1.82, 2.24) is 4.90 Å². The molecule has 0 amide bonds. The number of hydrogen-bond donors (Lipinski definition) is 2. The van der Waals surface area contributed by atoms with Crippen LogP contribution < -0.4 is 62.9 Å². The third-order valence-corrected chi connectivity index (χ3v) is 1.02. The number of nitrogens with zero attached hydrogens (tertiary/aromatic N) is 1. The zero-order valence-electron chi connectivity index (χ0n) is 6.88. The maximum absolute atomic E-state index is 5.28. The second-order valence-electron chi connectivity index (χ2n) is 1.88. The van der Waals surface area contributed by atoms with Crippen molar-refractivity contribution < 1.29 is 56.9 Å². The average molecular weight is 173 g/mol. The first kappa shape index (κ1) is 17.5. The monoisotopic (exact) mass is 173 g/mol. The molecule has 0 spiro atoms. The van der Waals surface area contributed by atoms with Crippen LogP contribution >= 0.6 is 0 Å². The van der Waals surface area contributed by atoms with Gasteiger partial charge in [0.2, 0.25) is 0 Å². The quantitative estimate of drug-likeness (QED) is 0.421. The number of nitrogens with two attached hydrogens (primary N) is 2. The van der Waals surface area contributed by atoms with Crippen molar-refractivity contribution in [3.8, 4) is 0 Å². The Hall–Kier alpha value is 1.48. The molecule has 0 saturated carbocycles. The van der Waals surface area contributed by atoms with E-state index < -0.39 is 0 Å². The second kappa shape index (κ2) is 13.1. The summed E-state index contributed by atoms with van der Waals surface area (Å²) in [7, 11) is 2.01. The topological polar surface area (TPSA) is 85.3 Å². The summed E-state index contributed by atoms with van der Waals surface area (Å²) in [5.74, 6) is 0. The molecule has 0 bridgehead atoms. The van der Waals surface area contributed by atoms with Gasteiger partial charge in [0.1, 0.15) is 0 Å². The zero-order valence-corrected chi connectivity index (χ0v) is 10.0. The van der Waals surface area contributed by atoms with E-state index in [4.69, 9.17) is 11.5 Å². The molecule has 4 nitrogen and oxygen atoms in total. The van der Waals surface area contributed by atoms with Crippen LogP contribution in [0.15, 0.2) is 0 Å². The molecule has 0 aliphatic rings. The summed E-state index contributed by atoms with van der Waals surface area (Å²) < 4.78 is 0. The normalized spacial score (nSPS) is 8.40. The van der Waals surface area contributed by atoms with E-state index in [9.17, 15) is 0 Å². The van der Waals surface area contributed by atoms with E-state index in [-0.39, 0.29) is 56.9 Å². The summed E-state index contributed by atoms with van der Waals surface area (Å²) in [5, 5.41) is 0. The molecule has 5 N–H and O–H groups in total. The Labute approximate surface area is 105 Å². The molecule has 0 aliphatic carbocycles. The SMILES string of the molecule is CN(CCN)CCN.[K+].[OH-]. The summed E-state index contributed by atoms with van der Waals surface area (Å²) in [6, 6.07) is 0. The Morgan fingerprint density at radius 2 is 1.40 bits per heavy atom. The fraction of sp³-hybridized carbons (Fsp3) is 1.00. The zero-order chi connectivity index (χ0) is 6.41. The Balaban J connectivity index is -0.000000245. The standard InChI is InChI=1S/C5H15N3.K.H2O/c1-8(4-2-6)5-3-7;;/h2-7H2,1H3;;1H2/q;+1;/p-1. The van der Waals surface area contributed by atoms with Crippen molar-refractivity contribution in [2.45, 2.75) is 0 Å². The Kier molecular flexibility index (Phi) is 23.0. The van der Waals surface area contributed by atoms with Gasteiger partial charge < -0.3 is 21.8 Å². The number of rotatable bonds is 4. The van der Waals surface area contributed by atoms with Gasteiger partial charge in [0.05, 0.1) is 0 Å². The Morgan fingerprint density at radius 1 is 1.10 bits per heavy atom. The van der Waals surface area contributed by atoms with Crippen molar-refractivity contribution in [1.29, 1.82) is 0 Å². The number of hydrogen-bond acceptors (Lipinski definition) is 4. The van der Waals surface area contributed by atoms with Crippen molar-refractivity contribution in [3.63, 3.8) is 0 Å². The van der Waals surface area contributed by atoms with Gasteiger partial charge in [-0.2, -0.15) is 0 Å². The van der Waals surface area contributed by atoms with Gasteiger partial charge in [-0.05, 0) is 7.05 Å². The fourth-order valence-corrected chi connectivity index (χ4v) is 0.553. The molecule has 0 aromatic rings. The molecule has 0 atom stereocenters. The van der Waals surface area contributed by atoms with Crippen LogP contribution in [0.1, 0.15) is 0 Å². The van der Waals surface area contributed by atoms with Gasteiger partial charge in [-0.1, -0.05) is 0 Å². The molecule has 0 heterocycles. The summed E-state index contributed by atoms with van der Waals surface area (Å²) in [6.07, 6.45) is 0. The molecule has 0 aromatic carbocycles. The van der Waals surface area contributed by atoms with Crippen LogP contribution in [0, 0.1) is 0 Å². The van der Waals surface area contributed by atoms with Crippen molar-refractivity contribution in [2.75, 3.05) is 33.2 Å². The maximum atomic E-state index is 5.28. The van der Waals surface area contributed by atoms with E-state index in [1.165, 1.54) is 0 Å². The van der Waals surface area contributed by atoms with Crippen LogP contribution in [0.5, 0.6) is 0 Å². The van der Waals surface area contributed by atoms with Gasteiger partial charge >= 0.3 is 51.4 Å². The first-order valence-electron chi connectivity index (χ1n) is 2.90. The van der Waals surface area contributed by atoms with E-state index >= 15 is 0 Å². The average Bonchev–Trinajstić information content (AvgIpc) is 1.68. The molecule has 58 valence electrons. The van der Waals surface area contributed by atoms with Gasteiger partial charge in [-0.3, -0.25) is 0 Å². The third-order valence-electron chi connectivity index (χ3n) is 1.02. The van der Waals surface area contributed by atoms with Crippen LogP contribution in [-0.2, 0) is 0 Å². The largest absolute Gasteiger partial charge is 1.00 e. The van der Waals surface area contributed by atoms with Crippen molar-refractivity contribution in [2.24, 2.45) is 11.5 Å². The molecular weight excluding hydrogens is 157 g/mol. The van der Waals surface area contributed by atoms with Crippen LogP contribution in [0.25, 0.3) is 0 Å². The van der Waals surface area contributed by atoms with Gasteiger partial charge in [-0.25, -0.2) is 0 Å². The fourth-order valence-electron chi connectivity index (χ4n) is 0.553. The Morgan fingerprint density at radius 3 is 1.60 bits per heavy atom. The molecule has 0 saturated heterocycles. The van der Waals surface area contributed by atoms with E-state index in [1.54, 1.807) is 0 Å². The van der Waals surface area contributed by atoms with E-state index in [1.807, 2.05) is 7.05 Å². The van der Waals surface area contributed by atoms with Crippen LogP contribution in [0.4, 0.5) is 0 Å². The van der Waals surface area contributed by atoms with Crippen LogP contribution in [0.3, 0.4) is 0 Å². The second-order valence-corrected chi connectivity index (χ2v) is 1.88. The molecule has 0 rings (SSSR count).